The number of halogens is 1. The van der Waals surface area contributed by atoms with Crippen molar-refractivity contribution in [2.75, 3.05) is 19.8 Å². The lowest BCUT2D eigenvalue weighted by atomic mass is 10.1. The lowest BCUT2D eigenvalue weighted by Gasteiger charge is -2.22. The molecule has 1 fully saturated rings. The molecule has 1 aliphatic heterocycles. The largest absolute Gasteiger partial charge is 0.378 e. The molecular weight excluding hydrogens is 178 g/mol. The lowest BCUT2D eigenvalue weighted by Crippen LogP contribution is -2.34. The quantitative estimate of drug-likeness (QED) is 0.682. The predicted molar refractivity (Wildman–Crippen MR) is 45.2 cm³/mol. The Bertz CT molecular complexity index is 257. The maximum atomic E-state index is 5.86. The van der Waals surface area contributed by atoms with Crippen LogP contribution in [0.2, 0.25) is 5.15 Å². The first kappa shape index (κ1) is 8.04. The minimum Gasteiger partial charge on any atom is -0.378 e. The summed E-state index contributed by atoms with van der Waals surface area (Å²) in [6.07, 6.45) is 1.73. The molecule has 2 heterocycles. The zero-order valence-corrected chi connectivity index (χ0v) is 7.27. The Morgan fingerprint density at radius 1 is 1.67 bits per heavy atom. The van der Waals surface area contributed by atoms with E-state index in [1.165, 1.54) is 0 Å². The highest BCUT2D eigenvalue weighted by atomic mass is 35.5. The van der Waals surface area contributed by atoms with E-state index in [-0.39, 0.29) is 6.04 Å². The van der Waals surface area contributed by atoms with E-state index in [0.29, 0.717) is 11.8 Å². The van der Waals surface area contributed by atoms with Crippen LogP contribution in [0.5, 0.6) is 0 Å². The minimum atomic E-state index is 0.185. The molecule has 0 saturated carbocycles. The van der Waals surface area contributed by atoms with Crippen LogP contribution in [-0.2, 0) is 4.74 Å². The second-order valence-electron chi connectivity index (χ2n) is 2.72. The molecule has 1 aliphatic rings. The van der Waals surface area contributed by atoms with Crippen LogP contribution < -0.4 is 5.32 Å². The molecule has 1 aromatic rings. The van der Waals surface area contributed by atoms with Crippen molar-refractivity contribution in [1.82, 2.24) is 15.5 Å². The van der Waals surface area contributed by atoms with Gasteiger partial charge in [-0.05, 0) is 0 Å². The molecule has 2 N–H and O–H groups in total. The lowest BCUT2D eigenvalue weighted by molar-refractivity contribution is 0.0769. The third-order valence-corrected chi connectivity index (χ3v) is 2.22. The van der Waals surface area contributed by atoms with Gasteiger partial charge in [0.15, 0.2) is 0 Å². The number of aromatic amines is 1. The van der Waals surface area contributed by atoms with Crippen molar-refractivity contribution in [1.29, 1.82) is 0 Å². The van der Waals surface area contributed by atoms with Gasteiger partial charge in [-0.15, -0.1) is 0 Å². The van der Waals surface area contributed by atoms with Gasteiger partial charge >= 0.3 is 0 Å². The first-order chi connectivity index (χ1) is 5.88. The van der Waals surface area contributed by atoms with Crippen LogP contribution in [0.25, 0.3) is 0 Å². The number of aromatic nitrogens is 2. The Morgan fingerprint density at radius 3 is 3.17 bits per heavy atom. The molecule has 2 rings (SSSR count). The molecule has 0 amide bonds. The average Bonchev–Trinajstić information content (AvgIpc) is 2.53. The number of ether oxygens (including phenoxy) is 1. The zero-order valence-electron chi connectivity index (χ0n) is 6.51. The molecule has 0 aliphatic carbocycles. The Labute approximate surface area is 75.2 Å². The van der Waals surface area contributed by atoms with Crippen molar-refractivity contribution >= 4 is 11.6 Å². The van der Waals surface area contributed by atoms with Gasteiger partial charge in [0.1, 0.15) is 5.15 Å². The summed E-state index contributed by atoms with van der Waals surface area (Å²) in [5.41, 5.74) is 0.983. The SMILES string of the molecule is Clc1[nH]ncc1C1COCCN1. The fraction of sp³-hybridized carbons (Fsp3) is 0.571. The topological polar surface area (TPSA) is 49.9 Å². The average molecular weight is 188 g/mol. The fourth-order valence-corrected chi connectivity index (χ4v) is 1.52. The molecule has 12 heavy (non-hydrogen) atoms. The second-order valence-corrected chi connectivity index (χ2v) is 3.10. The van der Waals surface area contributed by atoms with Gasteiger partial charge in [0.05, 0.1) is 25.5 Å². The number of rotatable bonds is 1. The molecule has 1 unspecified atom stereocenters. The van der Waals surface area contributed by atoms with Gasteiger partial charge in [0.25, 0.3) is 0 Å². The molecule has 1 atom stereocenters. The molecule has 1 saturated heterocycles. The molecule has 1 aromatic heterocycles. The standard InChI is InChI=1S/C7H10ClN3O/c8-7-5(3-10-11-7)6-4-12-2-1-9-6/h3,6,9H,1-2,4H2,(H,10,11). The van der Waals surface area contributed by atoms with Crippen LogP contribution in [0, 0.1) is 0 Å². The third kappa shape index (κ3) is 1.46. The summed E-state index contributed by atoms with van der Waals surface area (Å²) >= 11 is 5.86. The van der Waals surface area contributed by atoms with E-state index in [4.69, 9.17) is 16.3 Å². The molecule has 0 aromatic carbocycles. The molecule has 0 bridgehead atoms. The highest BCUT2D eigenvalue weighted by Crippen LogP contribution is 2.21. The summed E-state index contributed by atoms with van der Waals surface area (Å²) < 4.78 is 5.30. The molecule has 5 heteroatoms. The summed E-state index contributed by atoms with van der Waals surface area (Å²) in [5.74, 6) is 0. The van der Waals surface area contributed by atoms with Crippen molar-refractivity contribution < 1.29 is 4.74 Å². The fourth-order valence-electron chi connectivity index (χ4n) is 1.29. The van der Waals surface area contributed by atoms with Gasteiger partial charge in [-0.3, -0.25) is 5.10 Å². The molecule has 0 radical (unpaired) electrons. The second kappa shape index (κ2) is 3.43. The van der Waals surface area contributed by atoms with E-state index < -0.39 is 0 Å². The minimum absolute atomic E-state index is 0.185. The molecule has 0 spiro atoms. The summed E-state index contributed by atoms with van der Waals surface area (Å²) in [7, 11) is 0. The third-order valence-electron chi connectivity index (χ3n) is 1.92. The number of morpholine rings is 1. The number of H-pyrrole nitrogens is 1. The van der Waals surface area contributed by atoms with Gasteiger partial charge in [0.2, 0.25) is 0 Å². The maximum absolute atomic E-state index is 5.86. The Morgan fingerprint density at radius 2 is 2.58 bits per heavy atom. The van der Waals surface area contributed by atoms with Crippen LogP contribution in [0.4, 0.5) is 0 Å². The summed E-state index contributed by atoms with van der Waals surface area (Å²) in [4.78, 5) is 0. The van der Waals surface area contributed by atoms with Gasteiger partial charge < -0.3 is 10.1 Å². The van der Waals surface area contributed by atoms with E-state index in [1.54, 1.807) is 6.20 Å². The monoisotopic (exact) mass is 187 g/mol. The highest BCUT2D eigenvalue weighted by molar-refractivity contribution is 6.30. The Hall–Kier alpha value is -0.580. The molecule has 66 valence electrons. The zero-order chi connectivity index (χ0) is 8.39. The van der Waals surface area contributed by atoms with Crippen molar-refractivity contribution in [2.24, 2.45) is 0 Å². The molecular formula is C7H10ClN3O. The van der Waals surface area contributed by atoms with Gasteiger partial charge in [-0.1, -0.05) is 11.6 Å². The smallest absolute Gasteiger partial charge is 0.129 e. The van der Waals surface area contributed by atoms with E-state index in [1.807, 2.05) is 0 Å². The predicted octanol–water partition coefficient (Wildman–Crippen LogP) is 0.724. The Balaban J connectivity index is 2.13. The van der Waals surface area contributed by atoms with E-state index in [9.17, 15) is 0 Å². The molecule has 4 nitrogen and oxygen atoms in total. The van der Waals surface area contributed by atoms with E-state index >= 15 is 0 Å². The van der Waals surface area contributed by atoms with Gasteiger partial charge in [-0.2, -0.15) is 5.10 Å². The van der Waals surface area contributed by atoms with Crippen molar-refractivity contribution in [3.8, 4) is 0 Å². The first-order valence-electron chi connectivity index (χ1n) is 3.88. The number of nitrogens with one attached hydrogen (secondary N) is 2. The highest BCUT2D eigenvalue weighted by Gasteiger charge is 2.18. The van der Waals surface area contributed by atoms with E-state index in [0.717, 1.165) is 18.7 Å². The normalized spacial score (nSPS) is 24.2. The number of hydrogen-bond donors (Lipinski definition) is 2. The summed E-state index contributed by atoms with van der Waals surface area (Å²) in [6, 6.07) is 0.185. The van der Waals surface area contributed by atoms with Crippen molar-refractivity contribution in [2.45, 2.75) is 6.04 Å². The van der Waals surface area contributed by atoms with Crippen molar-refractivity contribution in [3.05, 3.63) is 16.9 Å². The van der Waals surface area contributed by atoms with Crippen molar-refractivity contribution in [3.63, 3.8) is 0 Å². The first-order valence-corrected chi connectivity index (χ1v) is 4.25. The summed E-state index contributed by atoms with van der Waals surface area (Å²) in [6.45, 7) is 2.30. The van der Waals surface area contributed by atoms with Gasteiger partial charge in [-0.25, -0.2) is 0 Å². The van der Waals surface area contributed by atoms with Crippen LogP contribution in [0.15, 0.2) is 6.20 Å². The number of hydrogen-bond acceptors (Lipinski definition) is 3. The van der Waals surface area contributed by atoms with Gasteiger partial charge in [0, 0.05) is 12.1 Å². The Kier molecular flexibility index (Phi) is 2.30. The maximum Gasteiger partial charge on any atom is 0.129 e. The van der Waals surface area contributed by atoms with Crippen LogP contribution in [-0.4, -0.2) is 30.0 Å². The van der Waals surface area contributed by atoms with Crippen LogP contribution in [0.3, 0.4) is 0 Å². The van der Waals surface area contributed by atoms with Crippen LogP contribution in [0.1, 0.15) is 11.6 Å². The number of nitrogens with zero attached hydrogens (tertiary/aromatic N) is 1. The van der Waals surface area contributed by atoms with E-state index in [2.05, 4.69) is 15.5 Å². The summed E-state index contributed by atoms with van der Waals surface area (Å²) in [5, 5.41) is 10.4. The van der Waals surface area contributed by atoms with Crippen LogP contribution >= 0.6 is 11.6 Å².